The molecule has 3 heterocycles. The van der Waals surface area contributed by atoms with Crippen LogP contribution in [0.4, 0.5) is 5.82 Å². The van der Waals surface area contributed by atoms with E-state index in [0.717, 1.165) is 63.5 Å². The lowest BCUT2D eigenvalue weighted by atomic mass is 10.1. The van der Waals surface area contributed by atoms with E-state index in [-0.39, 0.29) is 0 Å². The molecule has 1 amide bonds. The van der Waals surface area contributed by atoms with E-state index in [2.05, 4.69) is 23.6 Å². The van der Waals surface area contributed by atoms with Crippen LogP contribution in [-0.2, 0) is 24.1 Å². The first kappa shape index (κ1) is 19.3. The highest BCUT2D eigenvalue weighted by atomic mass is 32.1. The van der Waals surface area contributed by atoms with Gasteiger partial charge < -0.3 is 9.80 Å². The van der Waals surface area contributed by atoms with Gasteiger partial charge in [-0.1, -0.05) is 20.3 Å². The van der Waals surface area contributed by atoms with Crippen molar-refractivity contribution in [3.05, 3.63) is 16.3 Å². The van der Waals surface area contributed by atoms with Crippen molar-refractivity contribution in [3.63, 3.8) is 0 Å². The molecule has 1 saturated heterocycles. The van der Waals surface area contributed by atoms with Gasteiger partial charge in [0, 0.05) is 43.4 Å². The minimum Gasteiger partial charge on any atom is -0.352 e. The zero-order chi connectivity index (χ0) is 20.0. The molecule has 1 aliphatic heterocycles. The Morgan fingerprint density at radius 1 is 1.07 bits per heavy atom. The van der Waals surface area contributed by atoms with E-state index in [4.69, 9.17) is 9.97 Å². The molecule has 0 aromatic carbocycles. The van der Waals surface area contributed by atoms with Crippen LogP contribution in [0.25, 0.3) is 10.2 Å². The summed E-state index contributed by atoms with van der Waals surface area (Å²) in [5, 5.41) is 1.32. The Morgan fingerprint density at radius 3 is 2.55 bits per heavy atom. The quantitative estimate of drug-likeness (QED) is 0.706. The number of carbonyl (C=O) groups is 1. The maximum atomic E-state index is 12.5. The number of rotatable bonds is 4. The summed E-state index contributed by atoms with van der Waals surface area (Å²) < 4.78 is 0. The smallest absolute Gasteiger partial charge is 0.225 e. The molecule has 3 aliphatic rings. The normalized spacial score (nSPS) is 20.2. The van der Waals surface area contributed by atoms with E-state index in [9.17, 15) is 4.79 Å². The highest BCUT2D eigenvalue weighted by Gasteiger charge is 2.35. The number of amides is 1. The zero-order valence-corrected chi connectivity index (χ0v) is 18.6. The Morgan fingerprint density at radius 2 is 1.83 bits per heavy atom. The number of thiophene rings is 1. The van der Waals surface area contributed by atoms with Gasteiger partial charge in [-0.2, -0.15) is 0 Å². The van der Waals surface area contributed by atoms with Gasteiger partial charge in [-0.15, -0.1) is 11.3 Å². The van der Waals surface area contributed by atoms with Gasteiger partial charge in [-0.05, 0) is 50.0 Å². The zero-order valence-electron chi connectivity index (χ0n) is 17.7. The van der Waals surface area contributed by atoms with Gasteiger partial charge in [-0.3, -0.25) is 4.79 Å². The number of carbonyl (C=O) groups excluding carboxylic acids is 1. The summed E-state index contributed by atoms with van der Waals surface area (Å²) in [4.78, 5) is 29.8. The average Bonchev–Trinajstić information content (AvgIpc) is 3.52. The molecule has 29 heavy (non-hydrogen) atoms. The molecule has 0 spiro atoms. The summed E-state index contributed by atoms with van der Waals surface area (Å²) in [7, 11) is 0. The second kappa shape index (κ2) is 7.86. The summed E-state index contributed by atoms with van der Waals surface area (Å²) in [6.07, 6.45) is 9.35. The van der Waals surface area contributed by atoms with Crippen LogP contribution in [0.15, 0.2) is 0 Å². The van der Waals surface area contributed by atoms with Crippen molar-refractivity contribution >= 4 is 33.3 Å². The van der Waals surface area contributed by atoms with Gasteiger partial charge in [0.2, 0.25) is 5.91 Å². The number of aromatic nitrogens is 2. The Bertz CT molecular complexity index is 909. The van der Waals surface area contributed by atoms with Crippen LogP contribution in [0, 0.1) is 11.8 Å². The minimum atomic E-state index is 0.317. The van der Waals surface area contributed by atoms with E-state index in [1.54, 1.807) is 0 Å². The third-order valence-electron chi connectivity index (χ3n) is 6.50. The molecule has 0 radical (unpaired) electrons. The first-order chi connectivity index (χ1) is 14.1. The van der Waals surface area contributed by atoms with Crippen LogP contribution in [0.3, 0.4) is 0 Å². The second-order valence-corrected chi connectivity index (χ2v) is 10.5. The van der Waals surface area contributed by atoms with Gasteiger partial charge in [0.05, 0.1) is 5.39 Å². The number of piperazine rings is 1. The third-order valence-corrected chi connectivity index (χ3v) is 7.69. The van der Waals surface area contributed by atoms with Crippen LogP contribution >= 0.6 is 11.3 Å². The Balaban J connectivity index is 1.49. The number of fused-ring (bicyclic) bond motifs is 3. The van der Waals surface area contributed by atoms with Crippen LogP contribution in [0.2, 0.25) is 0 Å². The molecule has 5 nitrogen and oxygen atoms in total. The fourth-order valence-electron chi connectivity index (χ4n) is 4.77. The SMILES string of the molecule is CC(C)Cc1nc(N2CCN(C(=O)C3CC3)CC2)c2c3c(sc2n1)CCCCC3. The molecule has 0 atom stereocenters. The molecule has 1 saturated carbocycles. The fourth-order valence-corrected chi connectivity index (χ4v) is 6.05. The van der Waals surface area contributed by atoms with Crippen molar-refractivity contribution in [2.24, 2.45) is 11.8 Å². The lowest BCUT2D eigenvalue weighted by Gasteiger charge is -2.36. The molecule has 2 aromatic heterocycles. The number of hydrogen-bond donors (Lipinski definition) is 0. The number of anilines is 1. The van der Waals surface area contributed by atoms with Gasteiger partial charge >= 0.3 is 0 Å². The highest BCUT2D eigenvalue weighted by molar-refractivity contribution is 7.19. The first-order valence-electron chi connectivity index (χ1n) is 11.4. The molecule has 6 heteroatoms. The second-order valence-electron chi connectivity index (χ2n) is 9.39. The predicted molar refractivity (Wildman–Crippen MR) is 119 cm³/mol. The van der Waals surface area contributed by atoms with Crippen LogP contribution < -0.4 is 4.90 Å². The minimum absolute atomic E-state index is 0.317. The third kappa shape index (κ3) is 3.88. The van der Waals surface area contributed by atoms with E-state index in [1.807, 2.05) is 11.3 Å². The van der Waals surface area contributed by atoms with Crippen molar-refractivity contribution in [1.29, 1.82) is 0 Å². The van der Waals surface area contributed by atoms with Crippen molar-refractivity contribution in [2.45, 2.75) is 65.2 Å². The molecule has 0 unspecified atom stereocenters. The van der Waals surface area contributed by atoms with E-state index < -0.39 is 0 Å². The van der Waals surface area contributed by atoms with Crippen molar-refractivity contribution in [1.82, 2.24) is 14.9 Å². The maximum Gasteiger partial charge on any atom is 0.225 e. The Kier molecular flexibility index (Phi) is 5.23. The van der Waals surface area contributed by atoms with Crippen molar-refractivity contribution in [3.8, 4) is 0 Å². The lowest BCUT2D eigenvalue weighted by molar-refractivity contribution is -0.132. The van der Waals surface area contributed by atoms with Gasteiger partial charge in [0.25, 0.3) is 0 Å². The molecule has 0 bridgehead atoms. The molecular formula is C23H32N4OS. The van der Waals surface area contributed by atoms with Crippen molar-refractivity contribution in [2.75, 3.05) is 31.1 Å². The number of aryl methyl sites for hydroxylation is 2. The summed E-state index contributed by atoms with van der Waals surface area (Å²) in [6.45, 7) is 7.89. The molecule has 2 fully saturated rings. The van der Waals surface area contributed by atoms with E-state index in [1.165, 1.54) is 46.3 Å². The molecule has 0 N–H and O–H groups in total. The standard InChI is InChI=1S/C23H32N4OS/c1-15(2)14-19-24-21(26-10-12-27(13-11-26)23(28)16-8-9-16)20-17-6-4-3-5-7-18(17)29-22(20)25-19/h15-16H,3-14H2,1-2H3. The lowest BCUT2D eigenvalue weighted by Crippen LogP contribution is -2.49. The van der Waals surface area contributed by atoms with Crippen molar-refractivity contribution < 1.29 is 4.79 Å². The van der Waals surface area contributed by atoms with Crippen LogP contribution in [0.5, 0.6) is 0 Å². The molecule has 2 aliphatic carbocycles. The molecule has 156 valence electrons. The summed E-state index contributed by atoms with van der Waals surface area (Å²) in [5.41, 5.74) is 1.52. The van der Waals surface area contributed by atoms with Gasteiger partial charge in [-0.25, -0.2) is 9.97 Å². The molecule has 5 rings (SSSR count). The van der Waals surface area contributed by atoms with Crippen LogP contribution in [-0.4, -0.2) is 47.0 Å². The van der Waals surface area contributed by atoms with Gasteiger partial charge in [0.15, 0.2) is 0 Å². The number of hydrogen-bond acceptors (Lipinski definition) is 5. The number of nitrogens with zero attached hydrogens (tertiary/aromatic N) is 4. The van der Waals surface area contributed by atoms with E-state index in [0.29, 0.717) is 17.7 Å². The monoisotopic (exact) mass is 412 g/mol. The Labute approximate surface area is 177 Å². The molecule has 2 aromatic rings. The Hall–Kier alpha value is -1.69. The first-order valence-corrected chi connectivity index (χ1v) is 12.3. The largest absolute Gasteiger partial charge is 0.352 e. The van der Waals surface area contributed by atoms with E-state index >= 15 is 0 Å². The summed E-state index contributed by atoms with van der Waals surface area (Å²) in [6, 6.07) is 0. The molecular weight excluding hydrogens is 380 g/mol. The summed E-state index contributed by atoms with van der Waals surface area (Å²) >= 11 is 1.91. The topological polar surface area (TPSA) is 49.3 Å². The van der Waals surface area contributed by atoms with Gasteiger partial charge in [0.1, 0.15) is 16.5 Å². The van der Waals surface area contributed by atoms with Crippen LogP contribution in [0.1, 0.15) is 62.2 Å². The fraction of sp³-hybridized carbons (Fsp3) is 0.696. The predicted octanol–water partition coefficient (Wildman–Crippen LogP) is 4.22. The summed E-state index contributed by atoms with van der Waals surface area (Å²) in [5.74, 6) is 3.37. The highest BCUT2D eigenvalue weighted by Crippen LogP contribution is 2.40. The average molecular weight is 413 g/mol. The maximum absolute atomic E-state index is 12.5.